The van der Waals surface area contributed by atoms with Gasteiger partial charge in [0.25, 0.3) is 0 Å². The summed E-state index contributed by atoms with van der Waals surface area (Å²) >= 11 is 5.63. The fraction of sp³-hybridized carbons (Fsp3) is 1.00. The molecule has 1 fully saturated rings. The van der Waals surface area contributed by atoms with Gasteiger partial charge in [-0.1, -0.05) is 0 Å². The van der Waals surface area contributed by atoms with Crippen molar-refractivity contribution < 1.29 is 9.47 Å². The Morgan fingerprint density at radius 3 is 2.14 bits per heavy atom. The molecule has 84 valence electrons. The number of hydrogen-bond acceptors (Lipinski definition) is 3. The van der Waals surface area contributed by atoms with E-state index in [0.29, 0.717) is 0 Å². The van der Waals surface area contributed by atoms with E-state index in [2.05, 4.69) is 4.90 Å². The lowest BCUT2D eigenvalue weighted by Crippen LogP contribution is -2.27. The van der Waals surface area contributed by atoms with Gasteiger partial charge in [0, 0.05) is 33.2 Å². The number of ether oxygens (including phenoxy) is 2. The minimum atomic E-state index is 0.232. The van der Waals surface area contributed by atoms with Gasteiger partial charge in [0.1, 0.15) is 0 Å². The molecule has 0 aromatic heterocycles. The van der Waals surface area contributed by atoms with Crippen molar-refractivity contribution in [1.29, 1.82) is 0 Å². The minimum Gasteiger partial charge on any atom is -0.377 e. The van der Waals surface area contributed by atoms with E-state index >= 15 is 0 Å². The standard InChI is InChI=1S/C10H20ClNO2/c1-13-9-7-12(6-4-3-5-11)8-10(9)14-2/h9-10H,3-8H2,1-2H3. The van der Waals surface area contributed by atoms with Gasteiger partial charge < -0.3 is 9.47 Å². The summed E-state index contributed by atoms with van der Waals surface area (Å²) in [7, 11) is 3.50. The number of alkyl halides is 1. The number of hydrogen-bond donors (Lipinski definition) is 0. The second-order valence-electron chi connectivity index (χ2n) is 3.70. The molecule has 14 heavy (non-hydrogen) atoms. The van der Waals surface area contributed by atoms with Gasteiger partial charge in [0.05, 0.1) is 12.2 Å². The van der Waals surface area contributed by atoms with Crippen molar-refractivity contribution in [2.75, 3.05) is 39.7 Å². The lowest BCUT2D eigenvalue weighted by Gasteiger charge is -2.13. The van der Waals surface area contributed by atoms with Crippen LogP contribution in [-0.2, 0) is 9.47 Å². The van der Waals surface area contributed by atoms with Crippen molar-refractivity contribution in [3.8, 4) is 0 Å². The van der Waals surface area contributed by atoms with Gasteiger partial charge in [-0.15, -0.1) is 11.6 Å². The van der Waals surface area contributed by atoms with Crippen molar-refractivity contribution in [3.63, 3.8) is 0 Å². The largest absolute Gasteiger partial charge is 0.377 e. The van der Waals surface area contributed by atoms with Crippen molar-refractivity contribution in [3.05, 3.63) is 0 Å². The molecule has 2 unspecified atom stereocenters. The second-order valence-corrected chi connectivity index (χ2v) is 4.08. The molecule has 0 saturated carbocycles. The van der Waals surface area contributed by atoms with Crippen LogP contribution in [0.5, 0.6) is 0 Å². The molecule has 4 heteroatoms. The highest BCUT2D eigenvalue weighted by Gasteiger charge is 2.32. The molecular weight excluding hydrogens is 202 g/mol. The van der Waals surface area contributed by atoms with E-state index in [4.69, 9.17) is 21.1 Å². The molecule has 0 spiro atoms. The molecule has 0 aromatic rings. The summed E-state index contributed by atoms with van der Waals surface area (Å²) in [6, 6.07) is 0. The van der Waals surface area contributed by atoms with E-state index in [9.17, 15) is 0 Å². The smallest absolute Gasteiger partial charge is 0.0971 e. The molecule has 1 rings (SSSR count). The molecule has 1 aliphatic heterocycles. The van der Waals surface area contributed by atoms with Crippen molar-refractivity contribution in [2.24, 2.45) is 0 Å². The fourth-order valence-electron chi connectivity index (χ4n) is 1.88. The third-order valence-corrected chi connectivity index (χ3v) is 3.02. The zero-order chi connectivity index (χ0) is 10.4. The number of rotatable bonds is 6. The van der Waals surface area contributed by atoms with Gasteiger partial charge in [0.2, 0.25) is 0 Å². The van der Waals surface area contributed by atoms with Crippen LogP contribution in [-0.4, -0.2) is 56.8 Å². The molecule has 0 radical (unpaired) electrons. The lowest BCUT2D eigenvalue weighted by molar-refractivity contribution is -0.00461. The van der Waals surface area contributed by atoms with Gasteiger partial charge in [-0.2, -0.15) is 0 Å². The summed E-state index contributed by atoms with van der Waals surface area (Å²) in [6.07, 6.45) is 2.72. The Morgan fingerprint density at radius 1 is 1.14 bits per heavy atom. The number of likely N-dealkylation sites (tertiary alicyclic amines) is 1. The van der Waals surface area contributed by atoms with Crippen LogP contribution in [0.25, 0.3) is 0 Å². The van der Waals surface area contributed by atoms with Crippen LogP contribution in [0.3, 0.4) is 0 Å². The Labute approximate surface area is 91.3 Å². The van der Waals surface area contributed by atoms with Crippen LogP contribution in [0.2, 0.25) is 0 Å². The maximum atomic E-state index is 5.63. The molecule has 0 amide bonds. The summed E-state index contributed by atoms with van der Waals surface area (Å²) in [5.74, 6) is 0.759. The molecule has 3 nitrogen and oxygen atoms in total. The van der Waals surface area contributed by atoms with Crippen LogP contribution >= 0.6 is 11.6 Å². The summed E-state index contributed by atoms with van der Waals surface area (Å²) < 4.78 is 10.7. The number of nitrogens with zero attached hydrogens (tertiary/aromatic N) is 1. The minimum absolute atomic E-state index is 0.232. The Morgan fingerprint density at radius 2 is 1.71 bits per heavy atom. The number of halogens is 1. The van der Waals surface area contributed by atoms with E-state index in [1.807, 2.05) is 0 Å². The van der Waals surface area contributed by atoms with Gasteiger partial charge in [-0.25, -0.2) is 0 Å². The highest BCUT2D eigenvalue weighted by atomic mass is 35.5. The van der Waals surface area contributed by atoms with Gasteiger partial charge in [0.15, 0.2) is 0 Å². The van der Waals surface area contributed by atoms with Gasteiger partial charge in [-0.05, 0) is 19.4 Å². The molecular formula is C10H20ClNO2. The average molecular weight is 222 g/mol. The summed E-state index contributed by atoms with van der Waals surface area (Å²) in [6.45, 7) is 3.07. The Balaban J connectivity index is 2.23. The maximum Gasteiger partial charge on any atom is 0.0971 e. The van der Waals surface area contributed by atoms with Crippen LogP contribution in [0, 0.1) is 0 Å². The molecule has 0 aliphatic carbocycles. The zero-order valence-electron chi connectivity index (χ0n) is 9.04. The van der Waals surface area contributed by atoms with Crippen LogP contribution < -0.4 is 0 Å². The SMILES string of the molecule is COC1CN(CCCCCl)CC1OC. The van der Waals surface area contributed by atoms with E-state index in [0.717, 1.165) is 38.4 Å². The Bertz CT molecular complexity index is 145. The topological polar surface area (TPSA) is 21.7 Å². The average Bonchev–Trinajstić information content (AvgIpc) is 2.61. The first-order valence-corrected chi connectivity index (χ1v) is 5.69. The van der Waals surface area contributed by atoms with Crippen LogP contribution in [0.4, 0.5) is 0 Å². The monoisotopic (exact) mass is 221 g/mol. The van der Waals surface area contributed by atoms with Crippen LogP contribution in [0.15, 0.2) is 0 Å². The number of methoxy groups -OCH3 is 2. The second kappa shape index (κ2) is 6.62. The first kappa shape index (κ1) is 12.2. The fourth-order valence-corrected chi connectivity index (χ4v) is 2.07. The van der Waals surface area contributed by atoms with Crippen molar-refractivity contribution >= 4 is 11.6 Å². The summed E-state index contributed by atoms with van der Waals surface area (Å²) in [4.78, 5) is 2.38. The predicted octanol–water partition coefficient (Wildman–Crippen LogP) is 1.35. The van der Waals surface area contributed by atoms with Crippen molar-refractivity contribution in [2.45, 2.75) is 25.0 Å². The van der Waals surface area contributed by atoms with E-state index in [-0.39, 0.29) is 12.2 Å². The lowest BCUT2D eigenvalue weighted by atomic mass is 10.3. The zero-order valence-corrected chi connectivity index (χ0v) is 9.79. The number of unbranched alkanes of at least 4 members (excludes halogenated alkanes) is 1. The molecule has 0 aromatic carbocycles. The van der Waals surface area contributed by atoms with Crippen molar-refractivity contribution in [1.82, 2.24) is 4.90 Å². The molecule has 0 N–H and O–H groups in total. The van der Waals surface area contributed by atoms with Gasteiger partial charge in [-0.3, -0.25) is 4.90 Å². The predicted molar refractivity (Wildman–Crippen MR) is 58.0 cm³/mol. The highest BCUT2D eigenvalue weighted by Crippen LogP contribution is 2.16. The first-order valence-electron chi connectivity index (χ1n) is 5.15. The van der Waals surface area contributed by atoms with Crippen LogP contribution in [0.1, 0.15) is 12.8 Å². The highest BCUT2D eigenvalue weighted by molar-refractivity contribution is 6.17. The third kappa shape index (κ3) is 3.39. The van der Waals surface area contributed by atoms with E-state index in [1.165, 1.54) is 0 Å². The maximum absolute atomic E-state index is 5.63. The Kier molecular flexibility index (Phi) is 5.78. The quantitative estimate of drug-likeness (QED) is 0.499. The summed E-state index contributed by atoms with van der Waals surface area (Å²) in [5.41, 5.74) is 0. The third-order valence-electron chi connectivity index (χ3n) is 2.75. The normalized spacial score (nSPS) is 28.5. The molecule has 2 atom stereocenters. The molecule has 1 heterocycles. The summed E-state index contributed by atoms with van der Waals surface area (Å²) in [5, 5.41) is 0. The molecule has 0 bridgehead atoms. The Hall–Kier alpha value is 0.170. The van der Waals surface area contributed by atoms with E-state index < -0.39 is 0 Å². The first-order chi connectivity index (χ1) is 6.81. The van der Waals surface area contributed by atoms with Gasteiger partial charge >= 0.3 is 0 Å². The molecule has 1 aliphatic rings. The molecule has 1 saturated heterocycles. The van der Waals surface area contributed by atoms with E-state index in [1.54, 1.807) is 14.2 Å².